The molecule has 1 aromatic carbocycles. The van der Waals surface area contributed by atoms with Crippen molar-refractivity contribution in [3.05, 3.63) is 48.2 Å². The number of hydrogen-bond acceptors (Lipinski definition) is 4. The molecular formula is C18H23ClN2O3. The fraction of sp³-hybridized carbons (Fsp3) is 0.389. The van der Waals surface area contributed by atoms with Gasteiger partial charge in [-0.05, 0) is 43.9 Å². The lowest BCUT2D eigenvalue weighted by Gasteiger charge is -2.34. The zero-order chi connectivity index (χ0) is 16.2. The van der Waals surface area contributed by atoms with E-state index < -0.39 is 0 Å². The fourth-order valence-corrected chi connectivity index (χ4v) is 2.87. The number of carbonyl (C=O) groups excluding carboxylic acids is 1. The average Bonchev–Trinajstić information content (AvgIpc) is 3.03. The molecule has 0 aliphatic carbocycles. The quantitative estimate of drug-likeness (QED) is 0.913. The number of furan rings is 1. The minimum Gasteiger partial charge on any atom is -0.426 e. The summed E-state index contributed by atoms with van der Waals surface area (Å²) in [6, 6.07) is 12.8. The first-order valence-corrected chi connectivity index (χ1v) is 8.01. The van der Waals surface area contributed by atoms with Crippen LogP contribution in [0.5, 0.6) is 11.7 Å². The first-order chi connectivity index (χ1) is 11.1. The summed E-state index contributed by atoms with van der Waals surface area (Å²) < 4.78 is 11.2. The number of carbonyl (C=O) groups is 1. The number of rotatable bonds is 4. The molecule has 2 aromatic rings. The smallest absolute Gasteiger partial charge is 0.290 e. The van der Waals surface area contributed by atoms with E-state index in [0.717, 1.165) is 19.4 Å². The van der Waals surface area contributed by atoms with Crippen LogP contribution >= 0.6 is 12.4 Å². The molecule has 130 valence electrons. The third kappa shape index (κ3) is 4.30. The predicted octanol–water partition coefficient (Wildman–Crippen LogP) is 3.69. The molecule has 3 rings (SSSR count). The second-order valence-corrected chi connectivity index (χ2v) is 6.05. The summed E-state index contributed by atoms with van der Waals surface area (Å²) in [6.07, 6.45) is 2.05. The zero-order valence-corrected chi connectivity index (χ0v) is 14.5. The molecule has 1 saturated heterocycles. The predicted molar refractivity (Wildman–Crippen MR) is 94.7 cm³/mol. The Hall–Kier alpha value is -1.98. The number of hydrogen-bond donors (Lipinski definition) is 1. The standard InChI is InChI=1S/C18H22N2O3.ClH/c1-13(19)14-6-5-11-20(12-14)18(21)16-9-10-17(23-16)22-15-7-3-2-4-8-15;/h2-4,7-10,13-14H,5-6,11-12,19H2,1H3;1H. The van der Waals surface area contributed by atoms with Gasteiger partial charge in [0.25, 0.3) is 11.9 Å². The lowest BCUT2D eigenvalue weighted by atomic mass is 9.92. The summed E-state index contributed by atoms with van der Waals surface area (Å²) in [5.41, 5.74) is 5.98. The van der Waals surface area contributed by atoms with E-state index >= 15 is 0 Å². The number of amides is 1. The van der Waals surface area contributed by atoms with Gasteiger partial charge >= 0.3 is 0 Å². The van der Waals surface area contributed by atoms with Crippen LogP contribution in [0.1, 0.15) is 30.3 Å². The van der Waals surface area contributed by atoms with Crippen molar-refractivity contribution in [3.63, 3.8) is 0 Å². The summed E-state index contributed by atoms with van der Waals surface area (Å²) in [6.45, 7) is 3.43. The van der Waals surface area contributed by atoms with E-state index in [2.05, 4.69) is 0 Å². The zero-order valence-electron chi connectivity index (χ0n) is 13.7. The van der Waals surface area contributed by atoms with Crippen LogP contribution < -0.4 is 10.5 Å². The number of halogens is 1. The molecule has 0 spiro atoms. The molecule has 1 fully saturated rings. The van der Waals surface area contributed by atoms with Gasteiger partial charge < -0.3 is 19.8 Å². The number of para-hydroxylation sites is 1. The fourth-order valence-electron chi connectivity index (χ4n) is 2.87. The van der Waals surface area contributed by atoms with Gasteiger partial charge in [-0.3, -0.25) is 4.79 Å². The van der Waals surface area contributed by atoms with Crippen molar-refractivity contribution in [3.8, 4) is 11.7 Å². The van der Waals surface area contributed by atoms with Crippen molar-refractivity contribution in [1.82, 2.24) is 4.90 Å². The van der Waals surface area contributed by atoms with Crippen LogP contribution in [0.25, 0.3) is 0 Å². The highest BCUT2D eigenvalue weighted by atomic mass is 35.5. The van der Waals surface area contributed by atoms with Crippen molar-refractivity contribution < 1.29 is 13.9 Å². The average molecular weight is 351 g/mol. The van der Waals surface area contributed by atoms with Crippen molar-refractivity contribution in [2.75, 3.05) is 13.1 Å². The lowest BCUT2D eigenvalue weighted by molar-refractivity contribution is 0.0624. The Morgan fingerprint density at radius 2 is 2.04 bits per heavy atom. The molecule has 1 amide bonds. The second-order valence-electron chi connectivity index (χ2n) is 6.05. The third-order valence-electron chi connectivity index (χ3n) is 4.24. The Labute approximate surface area is 148 Å². The van der Waals surface area contributed by atoms with Gasteiger partial charge in [0.1, 0.15) is 5.75 Å². The molecule has 1 aliphatic rings. The van der Waals surface area contributed by atoms with E-state index in [9.17, 15) is 4.79 Å². The Balaban J connectivity index is 0.00000208. The lowest BCUT2D eigenvalue weighted by Crippen LogP contribution is -2.44. The first-order valence-electron chi connectivity index (χ1n) is 8.01. The molecule has 0 radical (unpaired) electrons. The van der Waals surface area contributed by atoms with Crippen molar-refractivity contribution in [2.45, 2.75) is 25.8 Å². The maximum absolute atomic E-state index is 12.6. The molecule has 0 saturated carbocycles. The minimum absolute atomic E-state index is 0. The van der Waals surface area contributed by atoms with E-state index in [1.165, 1.54) is 0 Å². The van der Waals surface area contributed by atoms with Crippen LogP contribution in [0.3, 0.4) is 0 Å². The highest BCUT2D eigenvalue weighted by Gasteiger charge is 2.28. The molecule has 2 N–H and O–H groups in total. The van der Waals surface area contributed by atoms with Gasteiger partial charge in [0.15, 0.2) is 5.76 Å². The van der Waals surface area contributed by atoms with Gasteiger partial charge in [0.2, 0.25) is 0 Å². The van der Waals surface area contributed by atoms with Crippen LogP contribution in [0.2, 0.25) is 0 Å². The Bertz CT molecular complexity index is 657. The van der Waals surface area contributed by atoms with E-state index in [4.69, 9.17) is 14.9 Å². The SMILES string of the molecule is CC(N)C1CCCN(C(=O)c2ccc(Oc3ccccc3)o2)C1.Cl. The second kappa shape index (κ2) is 8.22. The molecule has 0 bridgehead atoms. The topological polar surface area (TPSA) is 68.7 Å². The van der Waals surface area contributed by atoms with Gasteiger partial charge in [-0.15, -0.1) is 12.4 Å². The molecule has 5 nitrogen and oxygen atoms in total. The van der Waals surface area contributed by atoms with Crippen LogP contribution in [-0.4, -0.2) is 29.9 Å². The van der Waals surface area contributed by atoms with Gasteiger partial charge in [-0.2, -0.15) is 0 Å². The summed E-state index contributed by atoms with van der Waals surface area (Å²) in [4.78, 5) is 14.4. The summed E-state index contributed by atoms with van der Waals surface area (Å²) in [7, 11) is 0. The molecular weight excluding hydrogens is 328 g/mol. The van der Waals surface area contributed by atoms with Crippen LogP contribution in [0.4, 0.5) is 0 Å². The third-order valence-corrected chi connectivity index (χ3v) is 4.24. The first kappa shape index (κ1) is 18.4. The number of ether oxygens (including phenoxy) is 1. The van der Waals surface area contributed by atoms with Crippen LogP contribution in [0, 0.1) is 5.92 Å². The molecule has 2 heterocycles. The van der Waals surface area contributed by atoms with Gasteiger partial charge in [-0.25, -0.2) is 0 Å². The monoisotopic (exact) mass is 350 g/mol. The number of nitrogens with zero attached hydrogens (tertiary/aromatic N) is 1. The van der Waals surface area contributed by atoms with Crippen molar-refractivity contribution in [2.24, 2.45) is 11.7 Å². The molecule has 1 aromatic heterocycles. The number of benzene rings is 1. The maximum atomic E-state index is 12.6. The van der Waals surface area contributed by atoms with E-state index in [1.807, 2.05) is 42.2 Å². The highest BCUT2D eigenvalue weighted by molar-refractivity contribution is 5.91. The van der Waals surface area contributed by atoms with Crippen molar-refractivity contribution >= 4 is 18.3 Å². The summed E-state index contributed by atoms with van der Waals surface area (Å²) >= 11 is 0. The normalized spacial score (nSPS) is 18.6. The molecule has 1 aliphatic heterocycles. The van der Waals surface area contributed by atoms with Crippen molar-refractivity contribution in [1.29, 1.82) is 0 Å². The Kier molecular flexibility index (Phi) is 6.29. The van der Waals surface area contributed by atoms with E-state index in [-0.39, 0.29) is 24.4 Å². The summed E-state index contributed by atoms with van der Waals surface area (Å²) in [5, 5.41) is 0. The Morgan fingerprint density at radius 1 is 1.29 bits per heavy atom. The van der Waals surface area contributed by atoms with Gasteiger partial charge in [0.05, 0.1) is 0 Å². The van der Waals surface area contributed by atoms with Gasteiger partial charge in [0, 0.05) is 25.2 Å². The van der Waals surface area contributed by atoms with Crippen LogP contribution in [-0.2, 0) is 0 Å². The number of piperidine rings is 1. The summed E-state index contributed by atoms with van der Waals surface area (Å²) in [5.74, 6) is 1.55. The number of likely N-dealkylation sites (tertiary alicyclic amines) is 1. The molecule has 2 unspecified atom stereocenters. The highest BCUT2D eigenvalue weighted by Crippen LogP contribution is 2.26. The minimum atomic E-state index is -0.0988. The van der Waals surface area contributed by atoms with E-state index in [0.29, 0.717) is 29.9 Å². The molecule has 24 heavy (non-hydrogen) atoms. The molecule has 6 heteroatoms. The van der Waals surface area contributed by atoms with Crippen LogP contribution in [0.15, 0.2) is 46.9 Å². The van der Waals surface area contributed by atoms with E-state index in [1.54, 1.807) is 12.1 Å². The maximum Gasteiger partial charge on any atom is 0.290 e. The molecule has 2 atom stereocenters. The largest absolute Gasteiger partial charge is 0.426 e. The Morgan fingerprint density at radius 3 is 2.75 bits per heavy atom. The number of nitrogens with two attached hydrogens (primary N) is 1. The van der Waals surface area contributed by atoms with Gasteiger partial charge in [-0.1, -0.05) is 18.2 Å².